The van der Waals surface area contributed by atoms with Gasteiger partial charge in [-0.15, -0.1) is 0 Å². The van der Waals surface area contributed by atoms with Gasteiger partial charge in [0.05, 0.1) is 35.0 Å². The van der Waals surface area contributed by atoms with Crippen LogP contribution in [-0.4, -0.2) is 42.8 Å². The second kappa shape index (κ2) is 9.07. The summed E-state index contributed by atoms with van der Waals surface area (Å²) >= 11 is 0. The van der Waals surface area contributed by atoms with Gasteiger partial charge in [0.25, 0.3) is 5.56 Å². The first-order valence-electron chi connectivity index (χ1n) is 11.1. The molecule has 0 bridgehead atoms. The fourth-order valence-corrected chi connectivity index (χ4v) is 4.10. The van der Waals surface area contributed by atoms with Crippen molar-refractivity contribution in [3.63, 3.8) is 0 Å². The number of imidazole rings is 1. The largest absolute Gasteiger partial charge is 0.327 e. The summed E-state index contributed by atoms with van der Waals surface area (Å²) in [6.07, 6.45) is 0. The van der Waals surface area contributed by atoms with E-state index in [9.17, 15) is 9.59 Å². The number of hydrogen-bond acceptors (Lipinski definition) is 4. The maximum Gasteiger partial charge on any atom is 0.295 e. The molecule has 1 atom stereocenters. The third-order valence-electron chi connectivity index (χ3n) is 6.28. The van der Waals surface area contributed by atoms with Gasteiger partial charge in [-0.25, -0.2) is 9.67 Å². The SMILES string of the molecule is CCn1c(CN(C)[C@@H](C)C(=O)Nc2c(C)n(C)n(-c3ccccc3)c2=O)nc2ccccc21. The van der Waals surface area contributed by atoms with Crippen LogP contribution in [0, 0.1) is 6.92 Å². The van der Waals surface area contributed by atoms with Crippen molar-refractivity contribution in [2.75, 3.05) is 12.4 Å². The van der Waals surface area contributed by atoms with E-state index in [1.54, 1.807) is 9.36 Å². The van der Waals surface area contributed by atoms with E-state index in [2.05, 4.69) is 22.9 Å². The molecule has 0 aliphatic rings. The van der Waals surface area contributed by atoms with E-state index in [1.807, 2.05) is 81.4 Å². The third-order valence-corrected chi connectivity index (χ3v) is 6.28. The lowest BCUT2D eigenvalue weighted by atomic mass is 10.2. The maximum absolute atomic E-state index is 13.1. The highest BCUT2D eigenvalue weighted by atomic mass is 16.2. The number of aromatic nitrogens is 4. The smallest absolute Gasteiger partial charge is 0.295 e. The molecule has 1 N–H and O–H groups in total. The average Bonchev–Trinajstić information content (AvgIpc) is 3.28. The first-order chi connectivity index (χ1) is 15.8. The Kier molecular flexibility index (Phi) is 6.20. The number of nitrogens with zero attached hydrogens (tertiary/aromatic N) is 5. The van der Waals surface area contributed by atoms with Crippen molar-refractivity contribution >= 4 is 22.6 Å². The zero-order valence-corrected chi connectivity index (χ0v) is 19.7. The average molecular weight is 447 g/mol. The molecule has 4 rings (SSSR count). The fraction of sp³-hybridized carbons (Fsp3) is 0.320. The molecular weight excluding hydrogens is 416 g/mol. The molecule has 33 heavy (non-hydrogen) atoms. The normalized spacial score (nSPS) is 12.4. The van der Waals surface area contributed by atoms with Gasteiger partial charge >= 0.3 is 0 Å². The van der Waals surface area contributed by atoms with Crippen LogP contribution in [0.15, 0.2) is 59.4 Å². The third kappa shape index (κ3) is 4.09. The summed E-state index contributed by atoms with van der Waals surface area (Å²) in [7, 11) is 3.70. The number of amides is 1. The highest BCUT2D eigenvalue weighted by Gasteiger charge is 2.24. The molecule has 0 saturated heterocycles. The van der Waals surface area contributed by atoms with E-state index in [0.717, 1.165) is 29.1 Å². The van der Waals surface area contributed by atoms with Crippen LogP contribution < -0.4 is 10.9 Å². The number of hydrogen-bond donors (Lipinski definition) is 1. The van der Waals surface area contributed by atoms with E-state index in [-0.39, 0.29) is 11.5 Å². The first-order valence-corrected chi connectivity index (χ1v) is 11.1. The minimum Gasteiger partial charge on any atom is -0.327 e. The Morgan fingerprint density at radius 2 is 1.79 bits per heavy atom. The molecule has 0 aliphatic heterocycles. The summed E-state index contributed by atoms with van der Waals surface area (Å²) in [5.74, 6) is 0.672. The number of benzene rings is 2. The van der Waals surface area contributed by atoms with Crippen LogP contribution >= 0.6 is 0 Å². The Bertz CT molecular complexity index is 1350. The van der Waals surface area contributed by atoms with E-state index in [0.29, 0.717) is 17.9 Å². The Morgan fingerprint density at radius 3 is 2.48 bits per heavy atom. The van der Waals surface area contributed by atoms with Crippen molar-refractivity contribution in [2.45, 2.75) is 39.9 Å². The van der Waals surface area contributed by atoms with Crippen LogP contribution in [0.5, 0.6) is 0 Å². The number of carbonyl (C=O) groups excluding carboxylic acids is 1. The predicted octanol–water partition coefficient (Wildman–Crippen LogP) is 3.31. The Labute approximate surface area is 193 Å². The van der Waals surface area contributed by atoms with E-state index >= 15 is 0 Å². The van der Waals surface area contributed by atoms with Crippen LogP contribution in [0.25, 0.3) is 16.7 Å². The number of para-hydroxylation sites is 3. The molecule has 8 nitrogen and oxygen atoms in total. The number of carbonyl (C=O) groups is 1. The van der Waals surface area contributed by atoms with Crippen LogP contribution in [-0.2, 0) is 24.9 Å². The summed E-state index contributed by atoms with van der Waals surface area (Å²) in [6.45, 7) is 7.06. The molecule has 0 unspecified atom stereocenters. The molecule has 172 valence electrons. The lowest BCUT2D eigenvalue weighted by Gasteiger charge is -2.23. The van der Waals surface area contributed by atoms with Gasteiger partial charge in [-0.1, -0.05) is 30.3 Å². The molecule has 1 amide bonds. The minimum atomic E-state index is -0.459. The molecule has 4 aromatic rings. The van der Waals surface area contributed by atoms with E-state index in [4.69, 9.17) is 4.98 Å². The van der Waals surface area contributed by atoms with Gasteiger partial charge in [0.1, 0.15) is 11.5 Å². The highest BCUT2D eigenvalue weighted by Crippen LogP contribution is 2.18. The molecule has 2 heterocycles. The zero-order chi connectivity index (χ0) is 23.7. The van der Waals surface area contributed by atoms with Crippen LogP contribution in [0.3, 0.4) is 0 Å². The molecule has 0 radical (unpaired) electrons. The van der Waals surface area contributed by atoms with Gasteiger partial charge < -0.3 is 9.88 Å². The monoisotopic (exact) mass is 446 g/mol. The summed E-state index contributed by atoms with van der Waals surface area (Å²) in [5, 5.41) is 2.87. The number of likely N-dealkylation sites (N-methyl/N-ethyl adjacent to an activating group) is 1. The molecule has 0 spiro atoms. The Balaban J connectivity index is 1.54. The van der Waals surface area contributed by atoms with Crippen LogP contribution in [0.4, 0.5) is 5.69 Å². The van der Waals surface area contributed by atoms with Crippen molar-refractivity contribution < 1.29 is 4.79 Å². The van der Waals surface area contributed by atoms with Gasteiger partial charge in [-0.3, -0.25) is 19.2 Å². The van der Waals surface area contributed by atoms with Gasteiger partial charge in [0.15, 0.2) is 0 Å². The molecule has 0 saturated carbocycles. The molecule has 0 aliphatic carbocycles. The zero-order valence-electron chi connectivity index (χ0n) is 19.7. The number of rotatable bonds is 7. The lowest BCUT2D eigenvalue weighted by Crippen LogP contribution is -2.40. The van der Waals surface area contributed by atoms with Gasteiger partial charge in [0.2, 0.25) is 5.91 Å². The van der Waals surface area contributed by atoms with Crippen LogP contribution in [0.1, 0.15) is 25.4 Å². The Morgan fingerprint density at radius 1 is 1.12 bits per heavy atom. The van der Waals surface area contributed by atoms with E-state index in [1.165, 1.54) is 0 Å². The van der Waals surface area contributed by atoms with Gasteiger partial charge in [-0.2, -0.15) is 0 Å². The van der Waals surface area contributed by atoms with E-state index < -0.39 is 6.04 Å². The second-order valence-electron chi connectivity index (χ2n) is 8.28. The summed E-state index contributed by atoms with van der Waals surface area (Å²) in [4.78, 5) is 32.9. The minimum absolute atomic E-state index is 0.234. The van der Waals surface area contributed by atoms with Crippen LogP contribution in [0.2, 0.25) is 0 Å². The van der Waals surface area contributed by atoms with Gasteiger partial charge in [-0.05, 0) is 52.1 Å². The number of fused-ring (bicyclic) bond motifs is 1. The summed E-state index contributed by atoms with van der Waals surface area (Å²) in [5.41, 5.74) is 3.52. The fourth-order valence-electron chi connectivity index (χ4n) is 4.10. The number of nitrogens with one attached hydrogen (secondary N) is 1. The molecule has 2 aromatic heterocycles. The van der Waals surface area contributed by atoms with Gasteiger partial charge in [0, 0.05) is 13.6 Å². The lowest BCUT2D eigenvalue weighted by molar-refractivity contribution is -0.120. The van der Waals surface area contributed by atoms with Crippen molar-refractivity contribution in [3.05, 3.63) is 76.5 Å². The summed E-state index contributed by atoms with van der Waals surface area (Å²) < 4.78 is 5.48. The molecule has 2 aromatic carbocycles. The number of anilines is 1. The highest BCUT2D eigenvalue weighted by molar-refractivity contribution is 5.95. The van der Waals surface area contributed by atoms with Crippen molar-refractivity contribution in [1.82, 2.24) is 23.8 Å². The van der Waals surface area contributed by atoms with Crippen molar-refractivity contribution in [1.29, 1.82) is 0 Å². The molecule has 0 fully saturated rings. The summed E-state index contributed by atoms with van der Waals surface area (Å²) in [6, 6.07) is 17.0. The standard InChI is InChI=1S/C25H30N6O2/c1-6-30-21-15-11-10-14-20(21)26-22(30)16-28(4)18(3)24(32)27-23-17(2)29(5)31(25(23)33)19-12-8-7-9-13-19/h7-15,18H,6,16H2,1-5H3,(H,27,32)/t18-/m0/s1. The quantitative estimate of drug-likeness (QED) is 0.473. The number of aryl methyl sites for hydroxylation is 1. The maximum atomic E-state index is 13.1. The molecule has 8 heteroatoms. The topological polar surface area (TPSA) is 77.1 Å². The predicted molar refractivity (Wildman–Crippen MR) is 131 cm³/mol. The Hall–Kier alpha value is -3.65. The first kappa shape index (κ1) is 22.5. The second-order valence-corrected chi connectivity index (χ2v) is 8.28. The molecular formula is C25H30N6O2. The van der Waals surface area contributed by atoms with Crippen molar-refractivity contribution in [2.24, 2.45) is 7.05 Å². The van der Waals surface area contributed by atoms with Crippen molar-refractivity contribution in [3.8, 4) is 5.69 Å².